The van der Waals surface area contributed by atoms with Crippen molar-refractivity contribution in [2.45, 2.75) is 354 Å². The second kappa shape index (κ2) is 63.5. The number of allylic oxidation sites excluding steroid dienone is 8. The van der Waals surface area contributed by atoms with Crippen LogP contribution in [-0.4, -0.2) is 74.9 Å². The van der Waals surface area contributed by atoms with Crippen molar-refractivity contribution in [2.75, 3.05) is 47.5 Å². The largest absolute Gasteiger partial charge is 0.472 e. The van der Waals surface area contributed by atoms with Gasteiger partial charge in [0.25, 0.3) is 0 Å². The summed E-state index contributed by atoms with van der Waals surface area (Å²) >= 11 is 0. The van der Waals surface area contributed by atoms with E-state index >= 15 is 0 Å². The van der Waals surface area contributed by atoms with E-state index in [-0.39, 0.29) is 25.6 Å². The third-order valence-corrected chi connectivity index (χ3v) is 16.9. The van der Waals surface area contributed by atoms with Crippen LogP contribution < -0.4 is 0 Å². The number of ether oxygens (including phenoxy) is 2. The molecule has 0 fully saturated rings. The highest BCUT2D eigenvalue weighted by Gasteiger charge is 2.27. The number of phosphoric acid groups is 1. The molecular formula is C72H137NO8P+. The predicted molar refractivity (Wildman–Crippen MR) is 353 cm³/mol. The molecule has 0 aromatic rings. The van der Waals surface area contributed by atoms with Gasteiger partial charge in [-0.15, -0.1) is 0 Å². The quantitative estimate of drug-likeness (QED) is 0.0211. The standard InChI is InChI=1S/C72H136NO8P/c1-6-8-10-12-14-16-18-20-22-24-26-28-30-32-33-34-35-36-37-38-39-41-42-44-46-48-50-52-54-56-58-60-62-64-71(74)78-68-70(69-80-82(76,77)79-67-66-73(3,4)5)81-72(75)65-63-61-59-57-55-53-51-49-47-45-43-40-31-29-27-25-23-21-19-17-15-13-11-9-7-2/h9,11,15,17,21,23,27,29,70H,6-8,10,12-14,16,18-20,22,24-26,28,30-69H2,1-5H3/p+1/b11-9-,17-15-,23-21-,29-27-. The minimum Gasteiger partial charge on any atom is -0.462 e. The Labute approximate surface area is 509 Å². The summed E-state index contributed by atoms with van der Waals surface area (Å²) in [4.78, 5) is 35.9. The number of unbranched alkanes of at least 4 members (excludes halogenated alkanes) is 44. The maximum Gasteiger partial charge on any atom is 0.472 e. The topological polar surface area (TPSA) is 108 Å². The molecule has 2 unspecified atom stereocenters. The second-order valence-electron chi connectivity index (χ2n) is 25.3. The first-order valence-corrected chi connectivity index (χ1v) is 36.9. The molecule has 0 rings (SSSR count). The van der Waals surface area contributed by atoms with Crippen LogP contribution in [0, 0.1) is 0 Å². The molecule has 0 amide bonds. The van der Waals surface area contributed by atoms with E-state index in [1.54, 1.807) is 0 Å². The van der Waals surface area contributed by atoms with E-state index in [2.05, 4.69) is 62.5 Å². The summed E-state index contributed by atoms with van der Waals surface area (Å²) in [5, 5.41) is 0. The Bertz CT molecular complexity index is 1520. The Morgan fingerprint density at radius 3 is 1.04 bits per heavy atom. The van der Waals surface area contributed by atoms with Crippen LogP contribution in [0.25, 0.3) is 0 Å². The summed E-state index contributed by atoms with van der Waals surface area (Å²) < 4.78 is 34.7. The average molecular weight is 1180 g/mol. The second-order valence-corrected chi connectivity index (χ2v) is 26.7. The molecule has 82 heavy (non-hydrogen) atoms. The molecule has 0 saturated heterocycles. The minimum absolute atomic E-state index is 0.0324. The number of carbonyl (C=O) groups is 2. The minimum atomic E-state index is -4.39. The summed E-state index contributed by atoms with van der Waals surface area (Å²) in [6, 6.07) is 0. The highest BCUT2D eigenvalue weighted by Crippen LogP contribution is 2.43. The van der Waals surface area contributed by atoms with Gasteiger partial charge in [0.05, 0.1) is 27.7 Å². The average Bonchev–Trinajstić information content (AvgIpc) is 3.46. The smallest absolute Gasteiger partial charge is 0.462 e. The van der Waals surface area contributed by atoms with Crippen molar-refractivity contribution >= 4 is 19.8 Å². The Morgan fingerprint density at radius 1 is 0.390 bits per heavy atom. The van der Waals surface area contributed by atoms with Crippen molar-refractivity contribution in [1.29, 1.82) is 0 Å². The van der Waals surface area contributed by atoms with Crippen LogP contribution in [0.3, 0.4) is 0 Å². The normalized spacial score (nSPS) is 13.4. The van der Waals surface area contributed by atoms with E-state index in [0.29, 0.717) is 23.9 Å². The maximum absolute atomic E-state index is 12.9. The van der Waals surface area contributed by atoms with E-state index in [0.717, 1.165) is 64.2 Å². The van der Waals surface area contributed by atoms with E-state index in [9.17, 15) is 19.0 Å². The van der Waals surface area contributed by atoms with E-state index in [1.165, 1.54) is 250 Å². The van der Waals surface area contributed by atoms with E-state index in [1.807, 2.05) is 21.1 Å². The van der Waals surface area contributed by atoms with Crippen LogP contribution >= 0.6 is 7.82 Å². The Morgan fingerprint density at radius 2 is 0.695 bits per heavy atom. The lowest BCUT2D eigenvalue weighted by molar-refractivity contribution is -0.870. The van der Waals surface area contributed by atoms with Gasteiger partial charge in [0.1, 0.15) is 19.8 Å². The molecule has 0 aliphatic rings. The monoisotopic (exact) mass is 1180 g/mol. The summed E-state index contributed by atoms with van der Waals surface area (Å²) in [6.45, 7) is 4.38. The number of carbonyl (C=O) groups excluding carboxylic acids is 2. The van der Waals surface area contributed by atoms with Gasteiger partial charge in [-0.05, 0) is 51.4 Å². The van der Waals surface area contributed by atoms with Crippen LogP contribution in [0.2, 0.25) is 0 Å². The summed E-state index contributed by atoms with van der Waals surface area (Å²) in [5.41, 5.74) is 0. The van der Waals surface area contributed by atoms with Crippen LogP contribution in [0.1, 0.15) is 348 Å². The van der Waals surface area contributed by atoms with Crippen LogP contribution in [0.15, 0.2) is 48.6 Å². The first-order valence-electron chi connectivity index (χ1n) is 35.4. The van der Waals surface area contributed by atoms with E-state index in [4.69, 9.17) is 18.5 Å². The fourth-order valence-corrected chi connectivity index (χ4v) is 11.2. The van der Waals surface area contributed by atoms with Gasteiger partial charge in [-0.2, -0.15) is 0 Å². The third kappa shape index (κ3) is 67.1. The van der Waals surface area contributed by atoms with Crippen LogP contribution in [-0.2, 0) is 32.7 Å². The highest BCUT2D eigenvalue weighted by molar-refractivity contribution is 7.47. The number of hydrogen-bond donors (Lipinski definition) is 1. The predicted octanol–water partition coefficient (Wildman–Crippen LogP) is 22.8. The van der Waals surface area contributed by atoms with Crippen molar-refractivity contribution in [2.24, 2.45) is 0 Å². The van der Waals surface area contributed by atoms with Crippen molar-refractivity contribution in [3.63, 3.8) is 0 Å². The van der Waals surface area contributed by atoms with Crippen LogP contribution in [0.4, 0.5) is 0 Å². The zero-order chi connectivity index (χ0) is 59.8. The van der Waals surface area contributed by atoms with E-state index < -0.39 is 26.5 Å². The zero-order valence-corrected chi connectivity index (χ0v) is 55.9. The molecule has 0 radical (unpaired) electrons. The molecule has 0 spiro atoms. The Kier molecular flexibility index (Phi) is 61.9. The van der Waals surface area contributed by atoms with Gasteiger partial charge in [0.2, 0.25) is 0 Å². The number of esters is 2. The highest BCUT2D eigenvalue weighted by atomic mass is 31.2. The molecule has 0 aromatic heterocycles. The molecular weight excluding hydrogens is 1040 g/mol. The zero-order valence-electron chi connectivity index (χ0n) is 55.0. The van der Waals surface area contributed by atoms with Crippen molar-refractivity contribution < 1.29 is 42.1 Å². The third-order valence-electron chi connectivity index (χ3n) is 15.9. The lowest BCUT2D eigenvalue weighted by atomic mass is 10.0. The summed E-state index contributed by atoms with van der Waals surface area (Å²) in [7, 11) is 1.49. The molecule has 0 aromatic carbocycles. The van der Waals surface area contributed by atoms with Crippen molar-refractivity contribution in [1.82, 2.24) is 0 Å². The summed E-state index contributed by atoms with van der Waals surface area (Å²) in [5.74, 6) is -0.782. The maximum atomic E-state index is 12.9. The van der Waals surface area contributed by atoms with Gasteiger partial charge in [0, 0.05) is 12.8 Å². The van der Waals surface area contributed by atoms with Gasteiger partial charge >= 0.3 is 19.8 Å². The fourth-order valence-electron chi connectivity index (χ4n) is 10.5. The molecule has 9 nitrogen and oxygen atoms in total. The molecule has 482 valence electrons. The van der Waals surface area contributed by atoms with Gasteiger partial charge in [-0.1, -0.05) is 332 Å². The number of hydrogen-bond acceptors (Lipinski definition) is 7. The molecule has 0 heterocycles. The van der Waals surface area contributed by atoms with Gasteiger partial charge in [-0.25, -0.2) is 4.57 Å². The Balaban J connectivity index is 3.97. The Hall–Kier alpha value is -2.03. The number of phosphoric ester groups is 1. The first-order chi connectivity index (χ1) is 40.0. The summed E-state index contributed by atoms with van der Waals surface area (Å²) in [6.07, 6.45) is 82.3. The van der Waals surface area contributed by atoms with Crippen molar-refractivity contribution in [3.8, 4) is 0 Å². The molecule has 0 bridgehead atoms. The lowest BCUT2D eigenvalue weighted by Gasteiger charge is -2.24. The number of quaternary nitrogens is 1. The fraction of sp³-hybridized carbons (Fsp3) is 0.861. The van der Waals surface area contributed by atoms with Gasteiger partial charge < -0.3 is 18.9 Å². The number of rotatable bonds is 66. The van der Waals surface area contributed by atoms with Gasteiger partial charge in [-0.3, -0.25) is 18.6 Å². The SMILES string of the molecule is CC/C=C\C/C=C\C/C=C\C/C=C\CCCCCCCCCCCCCCC(=O)OC(COC(=O)CCCCCCCCCCCCCCCCCCCCCCCCCCCCCCCCCCC)COP(=O)(O)OCC[N+](C)(C)C. The molecule has 1 N–H and O–H groups in total. The van der Waals surface area contributed by atoms with Crippen molar-refractivity contribution in [3.05, 3.63) is 48.6 Å². The lowest BCUT2D eigenvalue weighted by Crippen LogP contribution is -2.37. The number of likely N-dealkylation sites (N-methyl/N-ethyl adjacent to an activating group) is 1. The number of nitrogens with zero attached hydrogens (tertiary/aromatic N) is 1. The molecule has 0 saturated carbocycles. The molecule has 0 aliphatic heterocycles. The van der Waals surface area contributed by atoms with Gasteiger partial charge in [0.15, 0.2) is 6.10 Å². The molecule has 2 atom stereocenters. The molecule has 0 aliphatic carbocycles. The first kappa shape index (κ1) is 80.0. The molecule has 10 heteroatoms. The van der Waals surface area contributed by atoms with Crippen LogP contribution in [0.5, 0.6) is 0 Å².